The SMILES string of the molecule is CCC(C)C(NC(N)=O)C(=O)NCC(C)CCO. The number of hydrogen-bond donors (Lipinski definition) is 4. The fourth-order valence-corrected chi connectivity index (χ4v) is 1.56. The van der Waals surface area contributed by atoms with Crippen LogP contribution < -0.4 is 16.4 Å². The van der Waals surface area contributed by atoms with Gasteiger partial charge in [-0.3, -0.25) is 4.79 Å². The van der Waals surface area contributed by atoms with Crippen LogP contribution in [0.5, 0.6) is 0 Å². The minimum atomic E-state index is -0.696. The summed E-state index contributed by atoms with van der Waals surface area (Å²) in [4.78, 5) is 22.8. The Hall–Kier alpha value is -1.30. The van der Waals surface area contributed by atoms with Crippen molar-refractivity contribution in [3.63, 3.8) is 0 Å². The van der Waals surface area contributed by atoms with Crippen LogP contribution in [0.25, 0.3) is 0 Å². The number of carbonyl (C=O) groups excluding carboxylic acids is 2. The van der Waals surface area contributed by atoms with E-state index in [-0.39, 0.29) is 24.3 Å². The summed E-state index contributed by atoms with van der Waals surface area (Å²) in [6.07, 6.45) is 1.40. The van der Waals surface area contributed by atoms with Gasteiger partial charge in [-0.15, -0.1) is 0 Å². The first-order chi connectivity index (χ1) is 8.42. The molecule has 0 aromatic rings. The van der Waals surface area contributed by atoms with Crippen molar-refractivity contribution in [1.82, 2.24) is 10.6 Å². The van der Waals surface area contributed by atoms with Gasteiger partial charge in [0.2, 0.25) is 5.91 Å². The number of aliphatic hydroxyl groups excluding tert-OH is 1. The highest BCUT2D eigenvalue weighted by molar-refractivity contribution is 5.86. The van der Waals surface area contributed by atoms with E-state index in [9.17, 15) is 9.59 Å². The van der Waals surface area contributed by atoms with Crippen LogP contribution in [0.15, 0.2) is 0 Å². The smallest absolute Gasteiger partial charge is 0.312 e. The number of aliphatic hydroxyl groups is 1. The standard InChI is InChI=1S/C12H25N3O3/c1-4-9(3)10(15-12(13)18)11(17)14-7-8(2)5-6-16/h8-10,16H,4-7H2,1-3H3,(H,14,17)(H3,13,15,18). The van der Waals surface area contributed by atoms with Gasteiger partial charge in [0.05, 0.1) is 0 Å². The number of rotatable bonds is 8. The predicted octanol–water partition coefficient (Wildman–Crippen LogP) is 0.204. The molecule has 0 saturated carbocycles. The third-order valence-electron chi connectivity index (χ3n) is 3.04. The Morgan fingerprint density at radius 1 is 1.33 bits per heavy atom. The molecular formula is C12H25N3O3. The number of primary amides is 1. The monoisotopic (exact) mass is 259 g/mol. The second kappa shape index (κ2) is 8.74. The Morgan fingerprint density at radius 3 is 2.39 bits per heavy atom. The fraction of sp³-hybridized carbons (Fsp3) is 0.833. The molecule has 0 radical (unpaired) electrons. The molecule has 0 aliphatic heterocycles. The summed E-state index contributed by atoms with van der Waals surface area (Å²) in [5.41, 5.74) is 5.06. The normalized spacial score (nSPS) is 15.6. The molecule has 0 fully saturated rings. The minimum Gasteiger partial charge on any atom is -0.396 e. The molecule has 5 N–H and O–H groups in total. The summed E-state index contributed by atoms with van der Waals surface area (Å²) in [5.74, 6) is -0.0105. The summed E-state index contributed by atoms with van der Waals surface area (Å²) >= 11 is 0. The van der Waals surface area contributed by atoms with E-state index in [1.54, 1.807) is 0 Å². The molecule has 0 aliphatic rings. The average molecular weight is 259 g/mol. The molecule has 18 heavy (non-hydrogen) atoms. The largest absolute Gasteiger partial charge is 0.396 e. The summed E-state index contributed by atoms with van der Waals surface area (Å²) in [6, 6.07) is -1.30. The Labute approximate surface area is 108 Å². The molecule has 3 unspecified atom stereocenters. The Morgan fingerprint density at radius 2 is 1.94 bits per heavy atom. The molecule has 0 bridgehead atoms. The van der Waals surface area contributed by atoms with Crippen LogP contribution in [0.4, 0.5) is 4.79 Å². The lowest BCUT2D eigenvalue weighted by molar-refractivity contribution is -0.124. The van der Waals surface area contributed by atoms with Crippen LogP contribution in [0.1, 0.15) is 33.6 Å². The zero-order valence-corrected chi connectivity index (χ0v) is 11.4. The highest BCUT2D eigenvalue weighted by atomic mass is 16.3. The number of nitrogens with two attached hydrogens (primary N) is 1. The van der Waals surface area contributed by atoms with E-state index in [1.165, 1.54) is 0 Å². The maximum Gasteiger partial charge on any atom is 0.312 e. The van der Waals surface area contributed by atoms with E-state index in [0.717, 1.165) is 6.42 Å². The first-order valence-corrected chi connectivity index (χ1v) is 6.36. The van der Waals surface area contributed by atoms with E-state index in [0.29, 0.717) is 13.0 Å². The molecule has 3 atom stereocenters. The van der Waals surface area contributed by atoms with Crippen molar-refractivity contribution in [3.05, 3.63) is 0 Å². The number of nitrogens with one attached hydrogen (secondary N) is 2. The number of carbonyl (C=O) groups is 2. The predicted molar refractivity (Wildman–Crippen MR) is 69.8 cm³/mol. The molecule has 0 aliphatic carbocycles. The second-order valence-electron chi connectivity index (χ2n) is 4.73. The maximum absolute atomic E-state index is 11.9. The van der Waals surface area contributed by atoms with Crippen molar-refractivity contribution < 1.29 is 14.7 Å². The number of urea groups is 1. The highest BCUT2D eigenvalue weighted by Gasteiger charge is 2.25. The van der Waals surface area contributed by atoms with Gasteiger partial charge in [-0.1, -0.05) is 27.2 Å². The molecule has 6 heteroatoms. The topological polar surface area (TPSA) is 104 Å². The van der Waals surface area contributed by atoms with Crippen LogP contribution in [-0.4, -0.2) is 36.2 Å². The lowest BCUT2D eigenvalue weighted by atomic mass is 9.98. The maximum atomic E-state index is 11.9. The summed E-state index contributed by atoms with van der Waals surface area (Å²) in [5, 5.41) is 14.0. The van der Waals surface area contributed by atoms with Crippen molar-refractivity contribution in [2.75, 3.05) is 13.2 Å². The molecule has 106 valence electrons. The van der Waals surface area contributed by atoms with Gasteiger partial charge >= 0.3 is 6.03 Å². The minimum absolute atomic E-state index is 0.0191. The highest BCUT2D eigenvalue weighted by Crippen LogP contribution is 2.08. The van der Waals surface area contributed by atoms with Gasteiger partial charge in [-0.25, -0.2) is 4.79 Å². The molecule has 0 aromatic heterocycles. The average Bonchev–Trinajstić information content (AvgIpc) is 2.32. The zero-order chi connectivity index (χ0) is 14.1. The molecule has 0 rings (SSSR count). The Balaban J connectivity index is 4.33. The quantitative estimate of drug-likeness (QED) is 0.500. The van der Waals surface area contributed by atoms with Crippen LogP contribution in [-0.2, 0) is 4.79 Å². The van der Waals surface area contributed by atoms with E-state index >= 15 is 0 Å². The van der Waals surface area contributed by atoms with Crippen LogP contribution in [0.2, 0.25) is 0 Å². The lowest BCUT2D eigenvalue weighted by Gasteiger charge is -2.23. The van der Waals surface area contributed by atoms with Crippen LogP contribution >= 0.6 is 0 Å². The van der Waals surface area contributed by atoms with E-state index in [2.05, 4.69) is 10.6 Å². The van der Waals surface area contributed by atoms with Crippen molar-refractivity contribution in [3.8, 4) is 0 Å². The van der Waals surface area contributed by atoms with Gasteiger partial charge in [-0.05, 0) is 18.3 Å². The molecule has 6 nitrogen and oxygen atoms in total. The Kier molecular flexibility index (Phi) is 8.11. The number of hydrogen-bond acceptors (Lipinski definition) is 3. The molecule has 3 amide bonds. The summed E-state index contributed by atoms with van der Waals surface area (Å²) in [6.45, 7) is 6.35. The molecule has 0 aromatic carbocycles. The second-order valence-corrected chi connectivity index (χ2v) is 4.73. The first kappa shape index (κ1) is 16.7. The molecule has 0 saturated heterocycles. The van der Waals surface area contributed by atoms with Gasteiger partial charge in [-0.2, -0.15) is 0 Å². The molecular weight excluding hydrogens is 234 g/mol. The zero-order valence-electron chi connectivity index (χ0n) is 11.4. The van der Waals surface area contributed by atoms with Gasteiger partial charge in [0, 0.05) is 13.2 Å². The van der Waals surface area contributed by atoms with Crippen LogP contribution in [0, 0.1) is 11.8 Å². The molecule has 0 heterocycles. The van der Waals surface area contributed by atoms with Crippen molar-refractivity contribution in [2.45, 2.75) is 39.7 Å². The first-order valence-electron chi connectivity index (χ1n) is 6.36. The van der Waals surface area contributed by atoms with Gasteiger partial charge < -0.3 is 21.5 Å². The summed E-state index contributed by atoms with van der Waals surface area (Å²) < 4.78 is 0. The van der Waals surface area contributed by atoms with Gasteiger partial charge in [0.15, 0.2) is 0 Å². The van der Waals surface area contributed by atoms with Gasteiger partial charge in [0.1, 0.15) is 6.04 Å². The van der Waals surface area contributed by atoms with Crippen LogP contribution in [0.3, 0.4) is 0 Å². The third kappa shape index (κ3) is 6.44. The summed E-state index contributed by atoms with van der Waals surface area (Å²) in [7, 11) is 0. The van der Waals surface area contributed by atoms with Crippen molar-refractivity contribution >= 4 is 11.9 Å². The van der Waals surface area contributed by atoms with E-state index in [4.69, 9.17) is 10.8 Å². The van der Waals surface area contributed by atoms with Crippen molar-refractivity contribution in [1.29, 1.82) is 0 Å². The lowest BCUT2D eigenvalue weighted by Crippen LogP contribution is -2.52. The number of amides is 3. The van der Waals surface area contributed by atoms with Gasteiger partial charge in [0.25, 0.3) is 0 Å². The molecule has 0 spiro atoms. The fourth-order valence-electron chi connectivity index (χ4n) is 1.56. The van der Waals surface area contributed by atoms with E-state index in [1.807, 2.05) is 20.8 Å². The van der Waals surface area contributed by atoms with E-state index < -0.39 is 12.1 Å². The van der Waals surface area contributed by atoms with Crippen molar-refractivity contribution in [2.24, 2.45) is 17.6 Å². The third-order valence-corrected chi connectivity index (χ3v) is 3.04. The Bertz CT molecular complexity index is 271.